The Labute approximate surface area is 185 Å². The van der Waals surface area contributed by atoms with Crippen molar-refractivity contribution in [3.8, 4) is 11.1 Å². The van der Waals surface area contributed by atoms with E-state index in [9.17, 15) is 27.9 Å². The molecule has 2 aromatic carbocycles. The minimum absolute atomic E-state index is 0.0374. The average molecular weight is 458 g/mol. The van der Waals surface area contributed by atoms with E-state index < -0.39 is 24.0 Å². The van der Waals surface area contributed by atoms with E-state index in [1.165, 1.54) is 12.1 Å². The van der Waals surface area contributed by atoms with Gasteiger partial charge in [-0.15, -0.1) is 0 Å². The number of pyridine rings is 1. The minimum atomic E-state index is -5.08. The molecule has 0 atom stereocenters. The molecule has 1 aromatic heterocycles. The average Bonchev–Trinajstić information content (AvgIpc) is 2.78. The van der Waals surface area contributed by atoms with Gasteiger partial charge in [0.2, 0.25) is 5.91 Å². The highest BCUT2D eigenvalue weighted by molar-refractivity contribution is 6.06. The number of amides is 1. The van der Waals surface area contributed by atoms with E-state index in [1.54, 1.807) is 42.7 Å². The fourth-order valence-electron chi connectivity index (χ4n) is 2.47. The molecule has 7 nitrogen and oxygen atoms in total. The Morgan fingerprint density at radius 3 is 2.03 bits per heavy atom. The fraction of sp³-hybridized carbons (Fsp3) is 0.0435. The molecule has 170 valence electrons. The molecule has 1 amide bonds. The Bertz CT molecular complexity index is 1150. The van der Waals surface area contributed by atoms with Gasteiger partial charge in [-0.3, -0.25) is 9.78 Å². The predicted octanol–water partition coefficient (Wildman–Crippen LogP) is 4.73. The quantitative estimate of drug-likeness (QED) is 0.476. The molecule has 3 N–H and O–H groups in total. The second-order valence-corrected chi connectivity index (χ2v) is 6.34. The first-order valence-electron chi connectivity index (χ1n) is 9.20. The Morgan fingerprint density at radius 1 is 0.879 bits per heavy atom. The zero-order valence-corrected chi connectivity index (χ0v) is 16.8. The van der Waals surface area contributed by atoms with Crippen LogP contribution in [0.2, 0.25) is 0 Å². The van der Waals surface area contributed by atoms with Crippen molar-refractivity contribution in [2.45, 2.75) is 6.18 Å². The second kappa shape index (κ2) is 11.2. The summed E-state index contributed by atoms with van der Waals surface area (Å²) in [5.41, 5.74) is 2.88. The van der Waals surface area contributed by atoms with Crippen LogP contribution in [0.15, 0.2) is 79.1 Å². The molecule has 33 heavy (non-hydrogen) atoms. The Kier molecular flexibility index (Phi) is 8.44. The number of carboxylic acids is 2. The predicted molar refractivity (Wildman–Crippen MR) is 114 cm³/mol. The van der Waals surface area contributed by atoms with E-state index in [0.717, 1.165) is 16.7 Å². The van der Waals surface area contributed by atoms with Crippen molar-refractivity contribution in [2.24, 2.45) is 0 Å². The van der Waals surface area contributed by atoms with Crippen LogP contribution in [0.25, 0.3) is 17.2 Å². The van der Waals surface area contributed by atoms with Crippen LogP contribution in [-0.2, 0) is 9.59 Å². The van der Waals surface area contributed by atoms with Gasteiger partial charge in [0.15, 0.2) is 0 Å². The van der Waals surface area contributed by atoms with Gasteiger partial charge in [0, 0.05) is 18.5 Å². The van der Waals surface area contributed by atoms with Crippen LogP contribution >= 0.6 is 0 Å². The Morgan fingerprint density at radius 2 is 1.48 bits per heavy atom. The molecule has 0 aliphatic heterocycles. The van der Waals surface area contributed by atoms with Crippen molar-refractivity contribution in [1.82, 2.24) is 4.98 Å². The van der Waals surface area contributed by atoms with E-state index in [4.69, 9.17) is 9.90 Å². The van der Waals surface area contributed by atoms with Gasteiger partial charge in [-0.05, 0) is 47.0 Å². The minimum Gasteiger partial charge on any atom is -0.478 e. The molecule has 0 saturated carbocycles. The summed E-state index contributed by atoms with van der Waals surface area (Å²) in [4.78, 5) is 36.5. The monoisotopic (exact) mass is 458 g/mol. The molecular formula is C23H17F3N2O5. The highest BCUT2D eigenvalue weighted by Crippen LogP contribution is 2.26. The zero-order chi connectivity index (χ0) is 24.4. The molecular weight excluding hydrogens is 441 g/mol. The lowest BCUT2D eigenvalue weighted by Gasteiger charge is -2.10. The molecule has 1 heterocycles. The number of nitrogens with zero attached hydrogens (tertiary/aromatic N) is 1. The highest BCUT2D eigenvalue weighted by Gasteiger charge is 2.38. The van der Waals surface area contributed by atoms with Crippen LogP contribution in [0.5, 0.6) is 0 Å². The third-order valence-corrected chi connectivity index (χ3v) is 3.99. The molecule has 0 aliphatic rings. The maximum Gasteiger partial charge on any atom is 0.490 e. The van der Waals surface area contributed by atoms with Gasteiger partial charge in [0.1, 0.15) is 0 Å². The number of halogens is 3. The van der Waals surface area contributed by atoms with Crippen LogP contribution in [0.4, 0.5) is 18.9 Å². The largest absolute Gasteiger partial charge is 0.490 e. The Hall–Kier alpha value is -4.47. The number of carbonyl (C=O) groups excluding carboxylic acids is 1. The summed E-state index contributed by atoms with van der Waals surface area (Å²) in [5, 5.41) is 19.1. The number of aromatic carboxylic acids is 1. The number of anilines is 1. The number of hydrogen-bond acceptors (Lipinski definition) is 4. The number of alkyl halides is 3. The number of rotatable bonds is 5. The number of benzene rings is 2. The number of aliphatic carboxylic acids is 1. The maximum atomic E-state index is 12.2. The maximum absolute atomic E-state index is 12.2. The number of nitrogens with one attached hydrogen (secondary N) is 1. The summed E-state index contributed by atoms with van der Waals surface area (Å²) in [6.45, 7) is 0. The van der Waals surface area contributed by atoms with Crippen LogP contribution in [0.1, 0.15) is 15.9 Å². The smallest absolute Gasteiger partial charge is 0.478 e. The van der Waals surface area contributed by atoms with Gasteiger partial charge < -0.3 is 15.5 Å². The van der Waals surface area contributed by atoms with Crippen LogP contribution in [0.3, 0.4) is 0 Å². The summed E-state index contributed by atoms with van der Waals surface area (Å²) >= 11 is 0. The first-order chi connectivity index (χ1) is 15.6. The highest BCUT2D eigenvalue weighted by atomic mass is 19.4. The topological polar surface area (TPSA) is 117 Å². The molecule has 0 bridgehead atoms. The molecule has 0 aliphatic carbocycles. The van der Waals surface area contributed by atoms with E-state index in [1.807, 2.05) is 30.3 Å². The fourth-order valence-corrected chi connectivity index (χ4v) is 2.47. The third kappa shape index (κ3) is 7.94. The molecule has 0 saturated heterocycles. The van der Waals surface area contributed by atoms with Gasteiger partial charge in [-0.2, -0.15) is 13.2 Å². The van der Waals surface area contributed by atoms with Crippen molar-refractivity contribution in [3.05, 3.63) is 90.3 Å². The molecule has 0 radical (unpaired) electrons. The lowest BCUT2D eigenvalue weighted by molar-refractivity contribution is -0.192. The molecule has 10 heteroatoms. The molecule has 0 spiro atoms. The molecule has 3 aromatic rings. The summed E-state index contributed by atoms with van der Waals surface area (Å²) in [7, 11) is 0. The van der Waals surface area contributed by atoms with Crippen LogP contribution < -0.4 is 5.32 Å². The van der Waals surface area contributed by atoms with Gasteiger partial charge in [-0.25, -0.2) is 9.59 Å². The van der Waals surface area contributed by atoms with Gasteiger partial charge in [0.25, 0.3) is 0 Å². The van der Waals surface area contributed by atoms with Crippen molar-refractivity contribution in [3.63, 3.8) is 0 Å². The number of carbonyl (C=O) groups is 3. The molecule has 0 fully saturated rings. The van der Waals surface area contributed by atoms with Crippen molar-refractivity contribution >= 4 is 29.6 Å². The number of carboxylic acid groups (broad SMARTS) is 2. The normalized spacial score (nSPS) is 10.8. The lowest BCUT2D eigenvalue weighted by atomic mass is 10.0. The lowest BCUT2D eigenvalue weighted by Crippen LogP contribution is -2.21. The Balaban J connectivity index is 0.000000479. The van der Waals surface area contributed by atoms with Crippen molar-refractivity contribution in [1.29, 1.82) is 0 Å². The van der Waals surface area contributed by atoms with Crippen molar-refractivity contribution < 1.29 is 37.8 Å². The van der Waals surface area contributed by atoms with Crippen LogP contribution in [-0.4, -0.2) is 39.2 Å². The summed E-state index contributed by atoms with van der Waals surface area (Å²) in [6, 6.07) is 18.0. The number of aromatic nitrogens is 1. The summed E-state index contributed by atoms with van der Waals surface area (Å²) in [6.07, 6.45) is 1.17. The van der Waals surface area contributed by atoms with E-state index in [0.29, 0.717) is 0 Å². The van der Waals surface area contributed by atoms with E-state index in [-0.39, 0.29) is 11.3 Å². The number of hydrogen-bond donors (Lipinski definition) is 3. The first kappa shape index (κ1) is 24.8. The van der Waals surface area contributed by atoms with Gasteiger partial charge in [0.05, 0.1) is 11.3 Å². The third-order valence-electron chi connectivity index (χ3n) is 3.99. The summed E-state index contributed by atoms with van der Waals surface area (Å²) < 4.78 is 31.7. The van der Waals surface area contributed by atoms with Crippen LogP contribution in [0, 0.1) is 0 Å². The molecule has 0 unspecified atom stereocenters. The molecule has 3 rings (SSSR count). The zero-order valence-electron chi connectivity index (χ0n) is 16.8. The van der Waals surface area contributed by atoms with Crippen molar-refractivity contribution in [2.75, 3.05) is 5.32 Å². The van der Waals surface area contributed by atoms with E-state index in [2.05, 4.69) is 10.3 Å². The van der Waals surface area contributed by atoms with Gasteiger partial charge in [-0.1, -0.05) is 36.4 Å². The standard InChI is InChI=1S/C21H16N2O3.C2HF3O2/c24-20(9-6-15-10-12-22-13-11-15)23-19-14-17(7-8-18(19)21(25)26)16-4-2-1-3-5-16;3-2(4,5)1(6)7/h1-14H,(H,23,24)(H,25,26);(H,6,7)/b9-6+;. The first-order valence-corrected chi connectivity index (χ1v) is 9.20. The summed E-state index contributed by atoms with van der Waals surface area (Å²) in [5.74, 6) is -4.26. The second-order valence-electron chi connectivity index (χ2n) is 6.34. The van der Waals surface area contributed by atoms with E-state index >= 15 is 0 Å². The van der Waals surface area contributed by atoms with Gasteiger partial charge >= 0.3 is 18.1 Å². The SMILES string of the molecule is O=C(/C=C/c1ccncc1)Nc1cc(-c2ccccc2)ccc1C(=O)O.O=C(O)C(F)(F)F.